The van der Waals surface area contributed by atoms with Gasteiger partial charge in [-0.15, -0.1) is 0 Å². The van der Waals surface area contributed by atoms with Crippen LogP contribution in [0.4, 0.5) is 0 Å². The summed E-state index contributed by atoms with van der Waals surface area (Å²) in [6, 6.07) is 16.3. The summed E-state index contributed by atoms with van der Waals surface area (Å²) >= 11 is 0. The Balaban J connectivity index is 2.45. The van der Waals surface area contributed by atoms with Gasteiger partial charge in [-0.25, -0.2) is 0 Å². The van der Waals surface area contributed by atoms with Crippen LogP contribution in [0.3, 0.4) is 0 Å². The lowest BCUT2D eigenvalue weighted by Gasteiger charge is -2.14. The molecule has 0 amide bonds. The summed E-state index contributed by atoms with van der Waals surface area (Å²) < 4.78 is 5.42. The molecule has 0 fully saturated rings. The minimum Gasteiger partial charge on any atom is -0.496 e. The molecule has 2 aromatic carbocycles. The average Bonchev–Trinajstić information content (AvgIpc) is 2.47. The molecule has 0 aliphatic carbocycles. The van der Waals surface area contributed by atoms with E-state index in [1.165, 1.54) is 0 Å². The minimum absolute atomic E-state index is 0.228. The number of carbonyl (C=O) groups is 1. The summed E-state index contributed by atoms with van der Waals surface area (Å²) in [6.45, 7) is 2.06. The number of hydrogen-bond acceptors (Lipinski definition) is 2. The molecule has 0 N–H and O–H groups in total. The van der Waals surface area contributed by atoms with Gasteiger partial charge in [0.05, 0.1) is 7.11 Å². The van der Waals surface area contributed by atoms with Gasteiger partial charge in [0.1, 0.15) is 12.0 Å². The van der Waals surface area contributed by atoms with Crippen LogP contribution in [-0.2, 0) is 4.79 Å². The third-order valence-electron chi connectivity index (χ3n) is 3.33. The molecule has 2 nitrogen and oxygen atoms in total. The van der Waals surface area contributed by atoms with Crippen LogP contribution < -0.4 is 4.74 Å². The van der Waals surface area contributed by atoms with Crippen molar-refractivity contribution in [2.45, 2.75) is 19.3 Å². The number of aldehydes is 1. The number of hydrogen-bond donors (Lipinski definition) is 0. The molecular formula is C17H18O2. The first-order valence-corrected chi connectivity index (χ1v) is 6.43. The van der Waals surface area contributed by atoms with E-state index in [2.05, 4.69) is 25.1 Å². The fourth-order valence-corrected chi connectivity index (χ4v) is 2.16. The summed E-state index contributed by atoms with van der Waals surface area (Å²) in [5, 5.41) is 0. The summed E-state index contributed by atoms with van der Waals surface area (Å²) in [5.74, 6) is 1.08. The molecule has 1 unspecified atom stereocenters. The van der Waals surface area contributed by atoms with Gasteiger partial charge in [0.2, 0.25) is 0 Å². The van der Waals surface area contributed by atoms with E-state index in [0.717, 1.165) is 28.7 Å². The number of methoxy groups -OCH3 is 1. The Labute approximate surface area is 114 Å². The van der Waals surface area contributed by atoms with Gasteiger partial charge in [0.15, 0.2) is 0 Å². The quantitative estimate of drug-likeness (QED) is 0.752. The van der Waals surface area contributed by atoms with Crippen molar-refractivity contribution in [2.24, 2.45) is 0 Å². The molecule has 2 heteroatoms. The van der Waals surface area contributed by atoms with Gasteiger partial charge >= 0.3 is 0 Å². The van der Waals surface area contributed by atoms with E-state index in [1.54, 1.807) is 7.11 Å². The summed E-state index contributed by atoms with van der Waals surface area (Å²) in [4.78, 5) is 10.6. The van der Waals surface area contributed by atoms with E-state index < -0.39 is 0 Å². The molecular weight excluding hydrogens is 236 g/mol. The highest BCUT2D eigenvalue weighted by Gasteiger charge is 2.10. The Morgan fingerprint density at radius 2 is 1.89 bits per heavy atom. The van der Waals surface area contributed by atoms with E-state index in [9.17, 15) is 4.79 Å². The van der Waals surface area contributed by atoms with Crippen LogP contribution in [-0.4, -0.2) is 13.4 Å². The van der Waals surface area contributed by atoms with Crippen LogP contribution in [0.2, 0.25) is 0 Å². The summed E-state index contributed by atoms with van der Waals surface area (Å²) in [6.07, 6.45) is 1.51. The standard InChI is InChI=1S/C17H18O2/c1-13(10-11-18)15-8-9-17(19-2)16(12-15)14-6-4-3-5-7-14/h3-9,11-13H,10H2,1-2H3. The molecule has 0 radical (unpaired) electrons. The second-order valence-corrected chi connectivity index (χ2v) is 4.63. The van der Waals surface area contributed by atoms with Crippen molar-refractivity contribution >= 4 is 6.29 Å². The second-order valence-electron chi connectivity index (χ2n) is 4.63. The first-order chi connectivity index (χ1) is 9.26. The molecule has 0 aliphatic rings. The van der Waals surface area contributed by atoms with Gasteiger partial charge in [-0.1, -0.05) is 43.3 Å². The second kappa shape index (κ2) is 6.19. The highest BCUT2D eigenvalue weighted by atomic mass is 16.5. The Bertz CT molecular complexity index is 546. The fraction of sp³-hybridized carbons (Fsp3) is 0.235. The van der Waals surface area contributed by atoms with Crippen molar-refractivity contribution in [3.8, 4) is 16.9 Å². The van der Waals surface area contributed by atoms with Crippen LogP contribution in [0.5, 0.6) is 5.75 Å². The molecule has 0 aliphatic heterocycles. The van der Waals surface area contributed by atoms with Crippen molar-refractivity contribution in [2.75, 3.05) is 7.11 Å². The molecule has 0 bridgehead atoms. The number of carbonyl (C=O) groups excluding carboxylic acids is 1. The normalized spacial score (nSPS) is 11.9. The molecule has 0 aromatic heterocycles. The fourth-order valence-electron chi connectivity index (χ4n) is 2.16. The highest BCUT2D eigenvalue weighted by Crippen LogP contribution is 2.33. The maximum absolute atomic E-state index is 10.6. The predicted molar refractivity (Wildman–Crippen MR) is 77.5 cm³/mol. The zero-order chi connectivity index (χ0) is 13.7. The van der Waals surface area contributed by atoms with Crippen molar-refractivity contribution < 1.29 is 9.53 Å². The molecule has 2 aromatic rings. The van der Waals surface area contributed by atoms with Gasteiger partial charge in [0.25, 0.3) is 0 Å². The van der Waals surface area contributed by atoms with Crippen molar-refractivity contribution in [1.82, 2.24) is 0 Å². The molecule has 98 valence electrons. The highest BCUT2D eigenvalue weighted by molar-refractivity contribution is 5.71. The Morgan fingerprint density at radius 1 is 1.16 bits per heavy atom. The lowest BCUT2D eigenvalue weighted by Crippen LogP contribution is -1.96. The Morgan fingerprint density at radius 3 is 2.53 bits per heavy atom. The van der Waals surface area contributed by atoms with E-state index in [-0.39, 0.29) is 5.92 Å². The van der Waals surface area contributed by atoms with Gasteiger partial charge in [-0.2, -0.15) is 0 Å². The average molecular weight is 254 g/mol. The van der Waals surface area contributed by atoms with E-state index in [0.29, 0.717) is 6.42 Å². The predicted octanol–water partition coefficient (Wildman–Crippen LogP) is 4.05. The van der Waals surface area contributed by atoms with Crippen LogP contribution in [0, 0.1) is 0 Å². The third kappa shape index (κ3) is 3.02. The topological polar surface area (TPSA) is 26.3 Å². The molecule has 2 rings (SSSR count). The van der Waals surface area contributed by atoms with Gasteiger partial charge in [-0.05, 0) is 29.2 Å². The van der Waals surface area contributed by atoms with Crippen molar-refractivity contribution in [3.05, 3.63) is 54.1 Å². The molecule has 0 heterocycles. The zero-order valence-corrected chi connectivity index (χ0v) is 11.3. The Hall–Kier alpha value is -2.09. The molecule has 0 spiro atoms. The van der Waals surface area contributed by atoms with Gasteiger partial charge in [0, 0.05) is 12.0 Å². The first-order valence-electron chi connectivity index (χ1n) is 6.43. The van der Waals surface area contributed by atoms with Gasteiger partial charge < -0.3 is 9.53 Å². The largest absolute Gasteiger partial charge is 0.496 e. The van der Waals surface area contributed by atoms with Crippen LogP contribution in [0.1, 0.15) is 24.8 Å². The van der Waals surface area contributed by atoms with Crippen LogP contribution in [0.15, 0.2) is 48.5 Å². The van der Waals surface area contributed by atoms with E-state index in [1.807, 2.05) is 30.3 Å². The lowest BCUT2D eigenvalue weighted by molar-refractivity contribution is -0.108. The smallest absolute Gasteiger partial charge is 0.126 e. The lowest BCUT2D eigenvalue weighted by atomic mass is 9.94. The number of benzene rings is 2. The first kappa shape index (κ1) is 13.3. The SMILES string of the molecule is COc1ccc(C(C)CC=O)cc1-c1ccccc1. The van der Waals surface area contributed by atoms with Crippen LogP contribution in [0.25, 0.3) is 11.1 Å². The minimum atomic E-state index is 0.228. The maximum Gasteiger partial charge on any atom is 0.126 e. The van der Waals surface area contributed by atoms with Gasteiger partial charge in [-0.3, -0.25) is 0 Å². The number of ether oxygens (including phenoxy) is 1. The summed E-state index contributed by atoms with van der Waals surface area (Å²) in [7, 11) is 1.68. The third-order valence-corrected chi connectivity index (χ3v) is 3.33. The maximum atomic E-state index is 10.6. The molecule has 19 heavy (non-hydrogen) atoms. The van der Waals surface area contributed by atoms with E-state index >= 15 is 0 Å². The van der Waals surface area contributed by atoms with E-state index in [4.69, 9.17) is 4.74 Å². The molecule has 1 atom stereocenters. The number of rotatable bonds is 5. The monoisotopic (exact) mass is 254 g/mol. The van der Waals surface area contributed by atoms with Crippen LogP contribution >= 0.6 is 0 Å². The summed E-state index contributed by atoms with van der Waals surface area (Å²) in [5.41, 5.74) is 3.35. The van der Waals surface area contributed by atoms with Crippen molar-refractivity contribution in [1.29, 1.82) is 0 Å². The zero-order valence-electron chi connectivity index (χ0n) is 11.3. The molecule has 0 saturated heterocycles. The van der Waals surface area contributed by atoms with Crippen molar-refractivity contribution in [3.63, 3.8) is 0 Å². The Kier molecular flexibility index (Phi) is 4.35. The molecule has 0 saturated carbocycles.